The summed E-state index contributed by atoms with van der Waals surface area (Å²) in [6, 6.07) is 7.64. The van der Waals surface area contributed by atoms with E-state index >= 15 is 0 Å². The Bertz CT molecular complexity index is 439. The van der Waals surface area contributed by atoms with Gasteiger partial charge in [-0.2, -0.15) is 0 Å². The summed E-state index contributed by atoms with van der Waals surface area (Å²) in [5.41, 5.74) is 0.792. The molecule has 3 nitrogen and oxygen atoms in total. The Morgan fingerprint density at radius 3 is 2.67 bits per heavy atom. The van der Waals surface area contributed by atoms with Gasteiger partial charge < -0.3 is 4.74 Å². The molecule has 0 aliphatic carbocycles. The van der Waals surface area contributed by atoms with Crippen LogP contribution in [0, 0.1) is 0 Å². The van der Waals surface area contributed by atoms with E-state index < -0.39 is 0 Å². The average molecular weight is 289 g/mol. The van der Waals surface area contributed by atoms with E-state index in [2.05, 4.69) is 11.8 Å². The molecule has 1 aliphatic heterocycles. The minimum absolute atomic E-state index is 0.218. The number of hydrogen-bond acceptors (Lipinski definition) is 3. The normalized spacial score (nSPS) is 19.4. The number of piperidine rings is 1. The van der Waals surface area contributed by atoms with Gasteiger partial charge in [-0.1, -0.05) is 13.8 Å². The number of ether oxygens (including phenoxy) is 1. The quantitative estimate of drug-likeness (QED) is 0.712. The summed E-state index contributed by atoms with van der Waals surface area (Å²) in [5.74, 6) is 1.10. The Morgan fingerprint density at radius 1 is 1.24 bits per heavy atom. The fraction of sp³-hybridized carbons (Fsp3) is 0.611. The van der Waals surface area contributed by atoms with Crippen molar-refractivity contribution >= 4 is 5.78 Å². The molecule has 0 spiro atoms. The lowest BCUT2D eigenvalue weighted by Crippen LogP contribution is -2.41. The van der Waals surface area contributed by atoms with Gasteiger partial charge in [0.15, 0.2) is 5.78 Å². The molecule has 1 fully saturated rings. The highest BCUT2D eigenvalue weighted by molar-refractivity contribution is 5.96. The van der Waals surface area contributed by atoms with E-state index in [0.29, 0.717) is 6.42 Å². The van der Waals surface area contributed by atoms with Crippen LogP contribution in [0.15, 0.2) is 24.3 Å². The summed E-state index contributed by atoms with van der Waals surface area (Å²) < 4.78 is 6.07. The van der Waals surface area contributed by atoms with Gasteiger partial charge in [-0.25, -0.2) is 0 Å². The molecule has 21 heavy (non-hydrogen) atoms. The van der Waals surface area contributed by atoms with Gasteiger partial charge in [0.2, 0.25) is 0 Å². The molecular weight excluding hydrogens is 262 g/mol. The molecular formula is C18H27NO2. The highest BCUT2D eigenvalue weighted by atomic mass is 16.5. The Morgan fingerprint density at radius 2 is 2.00 bits per heavy atom. The summed E-state index contributed by atoms with van der Waals surface area (Å²) >= 11 is 0. The van der Waals surface area contributed by atoms with Crippen LogP contribution < -0.4 is 4.74 Å². The SMILES string of the molecule is CCCC(=O)c1ccc(OC2CCCN(CCC)C2)cc1. The molecule has 1 heterocycles. The number of carbonyl (C=O) groups excluding carboxylic acids is 1. The van der Waals surface area contributed by atoms with Crippen LogP contribution >= 0.6 is 0 Å². The lowest BCUT2D eigenvalue weighted by molar-refractivity contribution is 0.0886. The number of benzene rings is 1. The highest BCUT2D eigenvalue weighted by Gasteiger charge is 2.20. The van der Waals surface area contributed by atoms with Crippen molar-refractivity contribution in [3.63, 3.8) is 0 Å². The zero-order chi connectivity index (χ0) is 15.1. The zero-order valence-electron chi connectivity index (χ0n) is 13.3. The third-order valence-electron chi connectivity index (χ3n) is 3.96. The molecule has 1 unspecified atom stereocenters. The molecule has 1 saturated heterocycles. The minimum atomic E-state index is 0.218. The average Bonchev–Trinajstić information content (AvgIpc) is 2.49. The van der Waals surface area contributed by atoms with E-state index in [-0.39, 0.29) is 11.9 Å². The van der Waals surface area contributed by atoms with Gasteiger partial charge in [0.05, 0.1) is 0 Å². The van der Waals surface area contributed by atoms with Crippen LogP contribution in [0.2, 0.25) is 0 Å². The molecule has 1 aromatic carbocycles. The molecule has 0 bridgehead atoms. The van der Waals surface area contributed by atoms with Crippen LogP contribution in [-0.2, 0) is 0 Å². The monoisotopic (exact) mass is 289 g/mol. The number of hydrogen-bond donors (Lipinski definition) is 0. The highest BCUT2D eigenvalue weighted by Crippen LogP contribution is 2.20. The van der Waals surface area contributed by atoms with Crippen LogP contribution in [0.5, 0.6) is 5.75 Å². The molecule has 1 atom stereocenters. The molecule has 0 radical (unpaired) electrons. The van der Waals surface area contributed by atoms with Crippen LogP contribution in [0.1, 0.15) is 56.3 Å². The predicted molar refractivity (Wildman–Crippen MR) is 86.1 cm³/mol. The van der Waals surface area contributed by atoms with E-state index in [1.165, 1.54) is 19.4 Å². The maximum atomic E-state index is 11.8. The Hall–Kier alpha value is -1.35. The number of rotatable bonds is 7. The second-order valence-electron chi connectivity index (χ2n) is 5.88. The fourth-order valence-electron chi connectivity index (χ4n) is 2.91. The van der Waals surface area contributed by atoms with Gasteiger partial charge in [0, 0.05) is 18.5 Å². The second-order valence-corrected chi connectivity index (χ2v) is 5.88. The van der Waals surface area contributed by atoms with Crippen molar-refractivity contribution in [2.75, 3.05) is 19.6 Å². The summed E-state index contributed by atoms with van der Waals surface area (Å²) in [6.45, 7) is 7.61. The van der Waals surface area contributed by atoms with Gasteiger partial charge in [-0.3, -0.25) is 9.69 Å². The molecule has 0 saturated carbocycles. The van der Waals surface area contributed by atoms with Crippen molar-refractivity contribution < 1.29 is 9.53 Å². The minimum Gasteiger partial charge on any atom is -0.489 e. The molecule has 1 aromatic rings. The van der Waals surface area contributed by atoms with E-state index in [0.717, 1.165) is 37.2 Å². The number of Topliss-reactive ketones (excluding diaryl/α,β-unsaturated/α-hetero) is 1. The van der Waals surface area contributed by atoms with Crippen molar-refractivity contribution in [1.29, 1.82) is 0 Å². The van der Waals surface area contributed by atoms with Crippen LogP contribution in [0.25, 0.3) is 0 Å². The van der Waals surface area contributed by atoms with E-state index in [1.54, 1.807) is 0 Å². The predicted octanol–water partition coefficient (Wildman–Crippen LogP) is 3.92. The Labute approximate surface area is 128 Å². The molecule has 2 rings (SSSR count). The first-order valence-electron chi connectivity index (χ1n) is 8.25. The summed E-state index contributed by atoms with van der Waals surface area (Å²) in [5, 5.41) is 0. The van der Waals surface area contributed by atoms with Gasteiger partial charge in [0.1, 0.15) is 11.9 Å². The maximum Gasteiger partial charge on any atom is 0.162 e. The summed E-state index contributed by atoms with van der Waals surface area (Å²) in [4.78, 5) is 14.3. The number of carbonyl (C=O) groups is 1. The standard InChI is InChI=1S/C18H27NO2/c1-3-6-18(20)15-8-10-16(11-9-15)21-17-7-5-13-19(14-17)12-4-2/h8-11,17H,3-7,12-14H2,1-2H3. The lowest BCUT2D eigenvalue weighted by Gasteiger charge is -2.32. The lowest BCUT2D eigenvalue weighted by atomic mass is 10.1. The Kier molecular flexibility index (Phi) is 6.24. The van der Waals surface area contributed by atoms with Crippen LogP contribution in [0.4, 0.5) is 0 Å². The third-order valence-corrected chi connectivity index (χ3v) is 3.96. The molecule has 3 heteroatoms. The number of nitrogens with zero attached hydrogens (tertiary/aromatic N) is 1. The first kappa shape index (κ1) is 16.0. The fourth-order valence-corrected chi connectivity index (χ4v) is 2.91. The van der Waals surface area contributed by atoms with Crippen LogP contribution in [-0.4, -0.2) is 36.4 Å². The van der Waals surface area contributed by atoms with Crippen molar-refractivity contribution in [2.45, 2.75) is 52.1 Å². The van der Waals surface area contributed by atoms with E-state index in [4.69, 9.17) is 4.74 Å². The maximum absolute atomic E-state index is 11.8. The smallest absolute Gasteiger partial charge is 0.162 e. The van der Waals surface area contributed by atoms with Gasteiger partial charge >= 0.3 is 0 Å². The first-order valence-corrected chi connectivity index (χ1v) is 8.25. The van der Waals surface area contributed by atoms with Gasteiger partial charge in [-0.05, 0) is 63.0 Å². The second kappa shape index (κ2) is 8.18. The summed E-state index contributed by atoms with van der Waals surface area (Å²) in [6.07, 6.45) is 5.32. The molecule has 116 valence electrons. The van der Waals surface area contributed by atoms with Gasteiger partial charge in [0.25, 0.3) is 0 Å². The largest absolute Gasteiger partial charge is 0.489 e. The Balaban J connectivity index is 1.89. The topological polar surface area (TPSA) is 29.5 Å². The first-order chi connectivity index (χ1) is 10.2. The van der Waals surface area contributed by atoms with Crippen molar-refractivity contribution in [3.05, 3.63) is 29.8 Å². The van der Waals surface area contributed by atoms with Crippen molar-refractivity contribution in [1.82, 2.24) is 4.90 Å². The van der Waals surface area contributed by atoms with Crippen molar-refractivity contribution in [2.24, 2.45) is 0 Å². The molecule has 0 aromatic heterocycles. The van der Waals surface area contributed by atoms with E-state index in [1.807, 2.05) is 31.2 Å². The van der Waals surface area contributed by atoms with Gasteiger partial charge in [-0.15, -0.1) is 0 Å². The van der Waals surface area contributed by atoms with Crippen LogP contribution in [0.3, 0.4) is 0 Å². The molecule has 0 amide bonds. The number of likely N-dealkylation sites (tertiary alicyclic amines) is 1. The zero-order valence-corrected chi connectivity index (χ0v) is 13.3. The van der Waals surface area contributed by atoms with Crippen molar-refractivity contribution in [3.8, 4) is 5.75 Å². The summed E-state index contributed by atoms with van der Waals surface area (Å²) in [7, 11) is 0. The third kappa shape index (κ3) is 4.85. The number of ketones is 1. The van der Waals surface area contributed by atoms with E-state index in [9.17, 15) is 4.79 Å². The molecule has 0 N–H and O–H groups in total. The molecule has 1 aliphatic rings.